The number of halogens is 1. The van der Waals surface area contributed by atoms with Crippen LogP contribution in [0.2, 0.25) is 0 Å². The van der Waals surface area contributed by atoms with E-state index in [1.165, 1.54) is 49.0 Å². The Morgan fingerprint density at radius 1 is 0.816 bits per heavy atom. The van der Waals surface area contributed by atoms with Gasteiger partial charge in [-0.2, -0.15) is 0 Å². The number of hydrogen-bond acceptors (Lipinski definition) is 5. The molecule has 1 amide bonds. The van der Waals surface area contributed by atoms with Gasteiger partial charge in [-0.15, -0.1) is 0 Å². The quantitative estimate of drug-likeness (QED) is 0.343. The van der Waals surface area contributed by atoms with Gasteiger partial charge in [-0.25, -0.2) is 13.1 Å². The van der Waals surface area contributed by atoms with Crippen molar-refractivity contribution in [3.05, 3.63) is 99.1 Å². The third-order valence-corrected chi connectivity index (χ3v) is 9.40. The molecule has 8 heteroatoms. The number of rotatable bonds is 7. The van der Waals surface area contributed by atoms with Crippen LogP contribution in [0.3, 0.4) is 0 Å². The zero-order chi connectivity index (χ0) is 26.5. The Labute approximate surface area is 238 Å². The molecule has 2 aliphatic rings. The van der Waals surface area contributed by atoms with Gasteiger partial charge in [-0.3, -0.25) is 9.69 Å². The van der Waals surface area contributed by atoms with Gasteiger partial charge in [0, 0.05) is 47.5 Å². The van der Waals surface area contributed by atoms with E-state index in [-0.39, 0.29) is 4.90 Å². The number of anilines is 1. The van der Waals surface area contributed by atoms with Gasteiger partial charge < -0.3 is 4.90 Å². The first-order valence-corrected chi connectivity index (χ1v) is 15.6. The SMILES string of the molecule is O=C(NS(=O)(=O)c1ccc(I)cc1)c1ccc(N2CCN(CC3=C(c4ccccc4)CCCC3)CC2)cc1. The molecule has 3 aromatic rings. The highest BCUT2D eigenvalue weighted by Gasteiger charge is 2.22. The Balaban J connectivity index is 1.18. The first-order valence-electron chi connectivity index (χ1n) is 13.1. The number of nitrogens with one attached hydrogen (secondary N) is 1. The van der Waals surface area contributed by atoms with Crippen molar-refractivity contribution in [3.63, 3.8) is 0 Å². The summed E-state index contributed by atoms with van der Waals surface area (Å²) in [6.45, 7) is 4.84. The number of sulfonamides is 1. The summed E-state index contributed by atoms with van der Waals surface area (Å²) in [6.07, 6.45) is 4.91. The highest BCUT2D eigenvalue weighted by atomic mass is 127. The van der Waals surface area contributed by atoms with Crippen LogP contribution in [0.15, 0.2) is 89.3 Å². The molecule has 1 aliphatic heterocycles. The molecule has 38 heavy (non-hydrogen) atoms. The number of amides is 1. The molecule has 198 valence electrons. The monoisotopic (exact) mass is 641 g/mol. The topological polar surface area (TPSA) is 69.7 Å². The molecule has 5 rings (SSSR count). The summed E-state index contributed by atoms with van der Waals surface area (Å²) in [5, 5.41) is 0. The lowest BCUT2D eigenvalue weighted by molar-refractivity contribution is 0.0981. The number of carbonyl (C=O) groups excluding carboxylic acids is 1. The second-order valence-corrected chi connectivity index (χ2v) is 12.8. The third-order valence-electron chi connectivity index (χ3n) is 7.34. The molecule has 1 heterocycles. The molecule has 0 atom stereocenters. The lowest BCUT2D eigenvalue weighted by atomic mass is 9.87. The molecule has 1 N–H and O–H groups in total. The maximum atomic E-state index is 12.6. The second kappa shape index (κ2) is 12.0. The number of allylic oxidation sites excluding steroid dienone is 1. The first-order chi connectivity index (χ1) is 18.4. The lowest BCUT2D eigenvalue weighted by Crippen LogP contribution is -2.47. The fraction of sp³-hybridized carbons (Fsp3) is 0.300. The molecule has 3 aromatic carbocycles. The molecule has 0 aromatic heterocycles. The molecule has 0 saturated carbocycles. The van der Waals surface area contributed by atoms with Gasteiger partial charge in [0.1, 0.15) is 0 Å². The van der Waals surface area contributed by atoms with Crippen LogP contribution in [0.4, 0.5) is 5.69 Å². The van der Waals surface area contributed by atoms with Crippen molar-refractivity contribution in [1.82, 2.24) is 9.62 Å². The van der Waals surface area contributed by atoms with Crippen molar-refractivity contribution in [2.75, 3.05) is 37.6 Å². The summed E-state index contributed by atoms with van der Waals surface area (Å²) in [7, 11) is -3.92. The number of benzene rings is 3. The average molecular weight is 642 g/mol. The Morgan fingerprint density at radius 3 is 2.16 bits per heavy atom. The molecule has 0 spiro atoms. The Morgan fingerprint density at radius 2 is 1.47 bits per heavy atom. The molecule has 0 radical (unpaired) electrons. The van der Waals surface area contributed by atoms with E-state index < -0.39 is 15.9 Å². The summed E-state index contributed by atoms with van der Waals surface area (Å²) in [6, 6.07) is 24.4. The van der Waals surface area contributed by atoms with Crippen molar-refractivity contribution < 1.29 is 13.2 Å². The van der Waals surface area contributed by atoms with Gasteiger partial charge in [0.25, 0.3) is 15.9 Å². The molecule has 1 fully saturated rings. The zero-order valence-corrected chi connectivity index (χ0v) is 24.2. The molecular formula is C30H32IN3O3S. The van der Waals surface area contributed by atoms with Gasteiger partial charge in [0.2, 0.25) is 0 Å². The van der Waals surface area contributed by atoms with Crippen molar-refractivity contribution in [3.8, 4) is 0 Å². The van der Waals surface area contributed by atoms with Gasteiger partial charge in [0.15, 0.2) is 0 Å². The van der Waals surface area contributed by atoms with Gasteiger partial charge in [-0.1, -0.05) is 35.9 Å². The third kappa shape index (κ3) is 6.47. The summed E-state index contributed by atoms with van der Waals surface area (Å²) in [5.74, 6) is -0.630. The standard InChI is InChI=1S/C30H32IN3O3S/c31-26-12-16-28(17-13-26)38(36,37)32-30(35)24-10-14-27(15-11-24)34-20-18-33(19-21-34)22-25-8-4-5-9-29(25)23-6-2-1-3-7-23/h1-3,6-7,10-17H,4-5,8-9,18-22H2,(H,32,35). The minimum Gasteiger partial charge on any atom is -0.369 e. The van der Waals surface area contributed by atoms with Crippen LogP contribution in [0.25, 0.3) is 5.57 Å². The number of carbonyl (C=O) groups is 1. The van der Waals surface area contributed by atoms with Crippen LogP contribution in [0, 0.1) is 3.57 Å². The first kappa shape index (κ1) is 26.9. The minimum atomic E-state index is -3.92. The highest BCUT2D eigenvalue weighted by Crippen LogP contribution is 2.33. The van der Waals surface area contributed by atoms with Gasteiger partial charge in [0.05, 0.1) is 4.90 Å². The Hall–Kier alpha value is -2.69. The van der Waals surface area contributed by atoms with E-state index in [1.54, 1.807) is 29.8 Å². The smallest absolute Gasteiger partial charge is 0.264 e. The largest absolute Gasteiger partial charge is 0.369 e. The number of piperazine rings is 1. The molecular weight excluding hydrogens is 609 g/mol. The van der Waals surface area contributed by atoms with E-state index in [1.807, 2.05) is 12.1 Å². The maximum absolute atomic E-state index is 12.6. The average Bonchev–Trinajstić information content (AvgIpc) is 2.94. The normalized spacial score (nSPS) is 16.9. The minimum absolute atomic E-state index is 0.0700. The van der Waals surface area contributed by atoms with E-state index in [4.69, 9.17) is 0 Å². The summed E-state index contributed by atoms with van der Waals surface area (Å²) < 4.78 is 28.2. The fourth-order valence-electron chi connectivity index (χ4n) is 5.24. The van der Waals surface area contributed by atoms with Crippen LogP contribution in [-0.4, -0.2) is 51.9 Å². The van der Waals surface area contributed by atoms with E-state index in [0.717, 1.165) is 42.0 Å². The number of hydrogen-bond donors (Lipinski definition) is 1. The Kier molecular flexibility index (Phi) is 8.50. The number of nitrogens with zero attached hydrogens (tertiary/aromatic N) is 2. The van der Waals surface area contributed by atoms with Crippen molar-refractivity contribution in [2.45, 2.75) is 30.6 Å². The van der Waals surface area contributed by atoms with E-state index in [9.17, 15) is 13.2 Å². The Bertz CT molecular complexity index is 1400. The fourth-order valence-corrected chi connectivity index (χ4v) is 6.58. The molecule has 0 bridgehead atoms. The highest BCUT2D eigenvalue weighted by molar-refractivity contribution is 14.1. The summed E-state index contributed by atoms with van der Waals surface area (Å²) >= 11 is 2.11. The van der Waals surface area contributed by atoms with Crippen LogP contribution in [0.1, 0.15) is 41.6 Å². The molecule has 1 aliphatic carbocycles. The predicted molar refractivity (Wildman–Crippen MR) is 161 cm³/mol. The summed E-state index contributed by atoms with van der Waals surface area (Å²) in [5.41, 5.74) is 5.86. The van der Waals surface area contributed by atoms with Crippen molar-refractivity contribution in [2.24, 2.45) is 0 Å². The summed E-state index contributed by atoms with van der Waals surface area (Å²) in [4.78, 5) is 17.6. The van der Waals surface area contributed by atoms with E-state index in [2.05, 4.69) is 67.4 Å². The van der Waals surface area contributed by atoms with Crippen molar-refractivity contribution >= 4 is 49.8 Å². The van der Waals surface area contributed by atoms with Crippen LogP contribution >= 0.6 is 22.6 Å². The van der Waals surface area contributed by atoms with Crippen LogP contribution in [-0.2, 0) is 10.0 Å². The maximum Gasteiger partial charge on any atom is 0.264 e. The van der Waals surface area contributed by atoms with Gasteiger partial charge in [-0.05, 0) is 108 Å². The van der Waals surface area contributed by atoms with Crippen LogP contribution < -0.4 is 9.62 Å². The molecule has 6 nitrogen and oxygen atoms in total. The zero-order valence-electron chi connectivity index (χ0n) is 21.3. The van der Waals surface area contributed by atoms with Gasteiger partial charge >= 0.3 is 0 Å². The van der Waals surface area contributed by atoms with Crippen LogP contribution in [0.5, 0.6) is 0 Å². The van der Waals surface area contributed by atoms with E-state index >= 15 is 0 Å². The molecule has 0 unspecified atom stereocenters. The van der Waals surface area contributed by atoms with E-state index in [0.29, 0.717) is 5.56 Å². The molecule has 1 saturated heterocycles. The predicted octanol–water partition coefficient (Wildman–Crippen LogP) is 5.56. The second-order valence-electron chi connectivity index (χ2n) is 9.85. The van der Waals surface area contributed by atoms with Crippen molar-refractivity contribution in [1.29, 1.82) is 0 Å². The lowest BCUT2D eigenvalue weighted by Gasteiger charge is -2.37.